The Morgan fingerprint density at radius 3 is 2.34 bits per heavy atom. The molecule has 3 aromatic carbocycles. The van der Waals surface area contributed by atoms with Crippen molar-refractivity contribution >= 4 is 29.5 Å². The Morgan fingerprint density at radius 1 is 0.684 bits per heavy atom. The highest BCUT2D eigenvalue weighted by Gasteiger charge is 2.44. The van der Waals surface area contributed by atoms with Gasteiger partial charge < -0.3 is 9.64 Å². The molecule has 5 aromatic rings. The van der Waals surface area contributed by atoms with Gasteiger partial charge in [-0.15, -0.1) is 0 Å². The fourth-order valence-electron chi connectivity index (χ4n) is 5.60. The maximum Gasteiger partial charge on any atom is 0.221 e. The number of rotatable bonds is 5. The van der Waals surface area contributed by atoms with Gasteiger partial charge in [-0.3, -0.25) is 4.98 Å². The van der Waals surface area contributed by atoms with E-state index in [1.54, 1.807) is 6.20 Å². The monoisotopic (exact) mass is 513 g/mol. The molecule has 0 saturated carbocycles. The number of hydrogen-bond donors (Lipinski definition) is 0. The first-order valence-corrected chi connectivity index (χ1v) is 15.4. The molecule has 4 nitrogen and oxygen atoms in total. The Kier molecular flexibility index (Phi) is 5.88. The summed E-state index contributed by atoms with van der Waals surface area (Å²) in [5.74, 6) is 1.37. The number of anilines is 1. The number of hydrogen-bond acceptors (Lipinski definition) is 4. The van der Waals surface area contributed by atoms with Gasteiger partial charge in [0.2, 0.25) is 5.88 Å². The van der Waals surface area contributed by atoms with Crippen LogP contribution in [0.5, 0.6) is 11.6 Å². The van der Waals surface area contributed by atoms with Crippen molar-refractivity contribution in [2.24, 2.45) is 0 Å². The molecule has 1 unspecified atom stereocenters. The molecule has 0 radical (unpaired) electrons. The Balaban J connectivity index is 1.45. The lowest BCUT2D eigenvalue weighted by atomic mass is 9.98. The summed E-state index contributed by atoms with van der Waals surface area (Å²) in [6.07, 6.45) is 3.71. The van der Waals surface area contributed by atoms with Crippen molar-refractivity contribution in [3.63, 3.8) is 0 Å². The summed E-state index contributed by atoms with van der Waals surface area (Å²) in [4.78, 5) is 11.4. The van der Waals surface area contributed by atoms with Crippen molar-refractivity contribution in [2.45, 2.75) is 20.4 Å². The summed E-state index contributed by atoms with van der Waals surface area (Å²) < 4.78 is 6.24. The quantitative estimate of drug-likeness (QED) is 0.283. The summed E-state index contributed by atoms with van der Waals surface area (Å²) >= 11 is 0. The van der Waals surface area contributed by atoms with Gasteiger partial charge in [-0.05, 0) is 82.4 Å². The Labute approximate surface area is 225 Å². The first-order valence-electron chi connectivity index (χ1n) is 12.9. The molecular formula is C33H31N3OSi. The van der Waals surface area contributed by atoms with E-state index in [1.807, 2.05) is 43.4 Å². The second-order valence-electron chi connectivity index (χ2n) is 10.5. The third-order valence-electron chi connectivity index (χ3n) is 7.58. The first-order chi connectivity index (χ1) is 18.3. The Bertz CT molecular complexity index is 1670. The average molecular weight is 514 g/mol. The van der Waals surface area contributed by atoms with E-state index in [4.69, 9.17) is 9.72 Å². The van der Waals surface area contributed by atoms with Crippen molar-refractivity contribution < 1.29 is 4.74 Å². The lowest BCUT2D eigenvalue weighted by molar-refractivity contribution is 0.463. The minimum Gasteiger partial charge on any atom is -0.439 e. The summed E-state index contributed by atoms with van der Waals surface area (Å²) in [5, 5.41) is 4.05. The number of ether oxygens (including phenoxy) is 1. The van der Waals surface area contributed by atoms with Crippen LogP contribution in [0, 0.1) is 13.8 Å². The van der Waals surface area contributed by atoms with Gasteiger partial charge in [0.05, 0.1) is 0 Å². The molecule has 0 N–H and O–H groups in total. The van der Waals surface area contributed by atoms with Gasteiger partial charge in [0, 0.05) is 43.6 Å². The van der Waals surface area contributed by atoms with Gasteiger partial charge >= 0.3 is 0 Å². The third-order valence-corrected chi connectivity index (χ3v) is 11.9. The van der Waals surface area contributed by atoms with E-state index in [0.717, 1.165) is 22.6 Å². The molecule has 6 rings (SSSR count). The molecule has 1 aliphatic heterocycles. The topological polar surface area (TPSA) is 38.2 Å². The van der Waals surface area contributed by atoms with Crippen LogP contribution in [-0.4, -0.2) is 32.1 Å². The van der Waals surface area contributed by atoms with Gasteiger partial charge in [0.1, 0.15) is 5.75 Å². The van der Waals surface area contributed by atoms with E-state index < -0.39 is 8.07 Å². The number of fused-ring (bicyclic) bond motifs is 3. The zero-order valence-electron chi connectivity index (χ0n) is 22.5. The van der Waals surface area contributed by atoms with Crippen LogP contribution in [0.1, 0.15) is 11.1 Å². The zero-order chi connectivity index (χ0) is 26.4. The van der Waals surface area contributed by atoms with Crippen molar-refractivity contribution in [2.75, 3.05) is 19.0 Å². The molecule has 0 spiro atoms. The predicted molar refractivity (Wildman–Crippen MR) is 160 cm³/mol. The van der Waals surface area contributed by atoms with Gasteiger partial charge in [0.25, 0.3) is 0 Å². The first kappa shape index (κ1) is 24.1. The summed E-state index contributed by atoms with van der Waals surface area (Å²) in [6.45, 7) is 6.72. The minimum absolute atomic E-state index is 0.586. The van der Waals surface area contributed by atoms with Crippen LogP contribution in [-0.2, 0) is 0 Å². The molecule has 0 saturated heterocycles. The molecule has 38 heavy (non-hydrogen) atoms. The van der Waals surface area contributed by atoms with E-state index >= 15 is 0 Å². The summed E-state index contributed by atoms with van der Waals surface area (Å²) in [5.41, 5.74) is 8.49. The van der Waals surface area contributed by atoms with Crippen LogP contribution < -0.4 is 25.3 Å². The second kappa shape index (κ2) is 9.26. The molecule has 0 bridgehead atoms. The maximum atomic E-state index is 6.24. The van der Waals surface area contributed by atoms with Crippen LogP contribution in [0.25, 0.3) is 22.3 Å². The van der Waals surface area contributed by atoms with Crippen LogP contribution in [0.4, 0.5) is 5.69 Å². The van der Waals surface area contributed by atoms with Gasteiger partial charge in [-0.1, -0.05) is 60.6 Å². The molecular weight excluding hydrogens is 482 g/mol. The second-order valence-corrected chi connectivity index (χ2v) is 14.4. The lowest BCUT2D eigenvalue weighted by Gasteiger charge is -2.25. The third kappa shape index (κ3) is 4.09. The van der Waals surface area contributed by atoms with E-state index in [0.29, 0.717) is 5.88 Å². The van der Waals surface area contributed by atoms with E-state index in [-0.39, 0.29) is 0 Å². The SMILES string of the molecule is Cc1cc(Oc2cc(N(C)C)ccn2)cc(-c2ccc3c(c2)[Si](C)(c2ccccn2)c2ccc(C)cc2-3)c1. The van der Waals surface area contributed by atoms with Gasteiger partial charge in [-0.25, -0.2) is 4.98 Å². The average Bonchev–Trinajstić information content (AvgIpc) is 3.17. The van der Waals surface area contributed by atoms with E-state index in [1.165, 1.54) is 37.9 Å². The number of benzene rings is 3. The van der Waals surface area contributed by atoms with Crippen LogP contribution >= 0.6 is 0 Å². The number of aryl methyl sites for hydroxylation is 2. The standard InChI is InChI=1S/C33H31N3OSi/c1-22-9-12-30-29(18-22)28-11-10-24(20-31(28)38(30,5)33-8-6-7-14-35-33)25-16-23(2)17-27(19-25)37-32-21-26(36(3)4)13-15-34-32/h6-21H,1-5H3. The van der Waals surface area contributed by atoms with Gasteiger partial charge in [0.15, 0.2) is 8.07 Å². The smallest absolute Gasteiger partial charge is 0.221 e. The Morgan fingerprint density at radius 2 is 1.55 bits per heavy atom. The highest BCUT2D eigenvalue weighted by Crippen LogP contribution is 2.34. The molecule has 1 aliphatic rings. The number of pyridine rings is 2. The molecule has 0 fully saturated rings. The summed E-state index contributed by atoms with van der Waals surface area (Å²) in [6, 6.07) is 30.5. The van der Waals surface area contributed by atoms with Crippen molar-refractivity contribution in [3.8, 4) is 33.9 Å². The van der Waals surface area contributed by atoms with E-state index in [9.17, 15) is 0 Å². The van der Waals surface area contributed by atoms with E-state index in [2.05, 4.69) is 92.1 Å². The maximum absolute atomic E-state index is 6.24. The van der Waals surface area contributed by atoms with Crippen LogP contribution in [0.2, 0.25) is 6.55 Å². The lowest BCUT2D eigenvalue weighted by Crippen LogP contribution is -2.63. The van der Waals surface area contributed by atoms with Crippen LogP contribution in [0.3, 0.4) is 0 Å². The molecule has 1 atom stereocenters. The molecule has 0 aliphatic carbocycles. The predicted octanol–water partition coefficient (Wildman–Crippen LogP) is 5.70. The molecule has 5 heteroatoms. The fraction of sp³-hybridized carbons (Fsp3) is 0.152. The molecule has 188 valence electrons. The zero-order valence-corrected chi connectivity index (χ0v) is 23.5. The van der Waals surface area contributed by atoms with Crippen LogP contribution in [0.15, 0.2) is 97.3 Å². The minimum atomic E-state index is -2.25. The summed E-state index contributed by atoms with van der Waals surface area (Å²) in [7, 11) is 1.77. The number of nitrogens with zero attached hydrogens (tertiary/aromatic N) is 3. The Hall–Kier alpha value is -4.22. The highest BCUT2D eigenvalue weighted by molar-refractivity contribution is 7.13. The largest absolute Gasteiger partial charge is 0.439 e. The molecule has 2 aromatic heterocycles. The van der Waals surface area contributed by atoms with Crippen molar-refractivity contribution in [3.05, 3.63) is 108 Å². The number of aromatic nitrogens is 2. The molecule has 3 heterocycles. The van der Waals surface area contributed by atoms with Gasteiger partial charge in [-0.2, -0.15) is 0 Å². The fourth-order valence-corrected chi connectivity index (χ4v) is 9.56. The van der Waals surface area contributed by atoms with Crippen molar-refractivity contribution in [1.82, 2.24) is 9.97 Å². The van der Waals surface area contributed by atoms with Crippen molar-refractivity contribution in [1.29, 1.82) is 0 Å². The normalized spacial score (nSPS) is 15.6. The molecule has 0 amide bonds. The highest BCUT2D eigenvalue weighted by atomic mass is 28.3.